The van der Waals surface area contributed by atoms with Crippen molar-refractivity contribution >= 4 is 11.6 Å². The van der Waals surface area contributed by atoms with Gasteiger partial charge in [0, 0.05) is 18.8 Å². The van der Waals surface area contributed by atoms with E-state index in [0.717, 1.165) is 25.2 Å². The first kappa shape index (κ1) is 14.8. The number of benzene rings is 2. The molecule has 0 aliphatic carbocycles. The van der Waals surface area contributed by atoms with Gasteiger partial charge in [-0.3, -0.25) is 9.69 Å². The van der Waals surface area contributed by atoms with Crippen molar-refractivity contribution in [3.05, 3.63) is 65.2 Å². The van der Waals surface area contributed by atoms with Crippen LogP contribution >= 0.6 is 0 Å². The summed E-state index contributed by atoms with van der Waals surface area (Å²) in [5.41, 5.74) is 4.80. The Hall–Kier alpha value is -2.13. The SMILES string of the molecule is Cc1ccc(NC(=O)[C@@H](C)N2CCc3ccccc3C2)cc1. The third-order valence-corrected chi connectivity index (χ3v) is 4.41. The molecule has 0 fully saturated rings. The van der Waals surface area contributed by atoms with Crippen molar-refractivity contribution in [2.75, 3.05) is 11.9 Å². The fourth-order valence-corrected chi connectivity index (χ4v) is 2.90. The van der Waals surface area contributed by atoms with Crippen LogP contribution in [0.5, 0.6) is 0 Å². The zero-order chi connectivity index (χ0) is 15.5. The van der Waals surface area contributed by atoms with Crippen LogP contribution in [0.25, 0.3) is 0 Å². The summed E-state index contributed by atoms with van der Waals surface area (Å²) in [5.74, 6) is 0.0586. The molecule has 2 aromatic rings. The number of anilines is 1. The van der Waals surface area contributed by atoms with Gasteiger partial charge in [-0.1, -0.05) is 42.0 Å². The minimum Gasteiger partial charge on any atom is -0.325 e. The van der Waals surface area contributed by atoms with Gasteiger partial charge in [0.2, 0.25) is 5.91 Å². The molecule has 1 heterocycles. The van der Waals surface area contributed by atoms with E-state index in [1.165, 1.54) is 16.7 Å². The van der Waals surface area contributed by atoms with E-state index in [2.05, 4.69) is 34.5 Å². The number of nitrogens with one attached hydrogen (secondary N) is 1. The molecule has 0 spiro atoms. The second-order valence-corrected chi connectivity index (χ2v) is 6.02. The lowest BCUT2D eigenvalue weighted by molar-refractivity contribution is -0.121. The third-order valence-electron chi connectivity index (χ3n) is 4.41. The molecule has 1 aliphatic rings. The number of nitrogens with zero attached hydrogens (tertiary/aromatic N) is 1. The summed E-state index contributed by atoms with van der Waals surface area (Å²) in [6, 6.07) is 16.3. The van der Waals surface area contributed by atoms with E-state index in [9.17, 15) is 4.79 Å². The van der Waals surface area contributed by atoms with Gasteiger partial charge in [-0.15, -0.1) is 0 Å². The molecule has 1 aliphatic heterocycles. The molecule has 3 rings (SSSR count). The molecule has 0 bridgehead atoms. The molecule has 114 valence electrons. The first-order chi connectivity index (χ1) is 10.6. The molecule has 1 amide bonds. The van der Waals surface area contributed by atoms with Gasteiger partial charge in [-0.05, 0) is 43.5 Å². The van der Waals surface area contributed by atoms with Crippen LogP contribution < -0.4 is 5.32 Å². The molecule has 1 atom stereocenters. The lowest BCUT2D eigenvalue weighted by Gasteiger charge is -2.32. The Morgan fingerprint density at radius 3 is 2.50 bits per heavy atom. The maximum absolute atomic E-state index is 12.5. The predicted molar refractivity (Wildman–Crippen MR) is 89.8 cm³/mol. The Morgan fingerprint density at radius 2 is 1.77 bits per heavy atom. The number of carbonyl (C=O) groups is 1. The summed E-state index contributed by atoms with van der Waals surface area (Å²) in [7, 11) is 0. The minimum atomic E-state index is -0.130. The Balaban J connectivity index is 1.65. The average molecular weight is 294 g/mol. The fourth-order valence-electron chi connectivity index (χ4n) is 2.90. The van der Waals surface area contributed by atoms with E-state index in [4.69, 9.17) is 0 Å². The van der Waals surface area contributed by atoms with Crippen LogP contribution in [-0.2, 0) is 17.8 Å². The lowest BCUT2D eigenvalue weighted by Crippen LogP contribution is -2.44. The van der Waals surface area contributed by atoms with Gasteiger partial charge < -0.3 is 5.32 Å². The molecule has 3 nitrogen and oxygen atoms in total. The second-order valence-electron chi connectivity index (χ2n) is 6.02. The molecular weight excluding hydrogens is 272 g/mol. The Labute approximate surface area is 132 Å². The second kappa shape index (κ2) is 6.32. The number of amides is 1. The van der Waals surface area contributed by atoms with Gasteiger partial charge in [0.1, 0.15) is 0 Å². The summed E-state index contributed by atoms with van der Waals surface area (Å²) in [4.78, 5) is 14.7. The van der Waals surface area contributed by atoms with Crippen molar-refractivity contribution in [1.29, 1.82) is 0 Å². The first-order valence-corrected chi connectivity index (χ1v) is 7.82. The van der Waals surface area contributed by atoms with Gasteiger partial charge in [0.05, 0.1) is 6.04 Å². The van der Waals surface area contributed by atoms with Gasteiger partial charge in [-0.2, -0.15) is 0 Å². The quantitative estimate of drug-likeness (QED) is 0.941. The molecule has 2 aromatic carbocycles. The fraction of sp³-hybridized carbons (Fsp3) is 0.316. The van der Waals surface area contributed by atoms with E-state index in [-0.39, 0.29) is 11.9 Å². The number of fused-ring (bicyclic) bond motifs is 1. The smallest absolute Gasteiger partial charge is 0.241 e. The Bertz CT molecular complexity index is 663. The van der Waals surface area contributed by atoms with Crippen LogP contribution in [0.4, 0.5) is 5.69 Å². The molecule has 22 heavy (non-hydrogen) atoms. The molecule has 3 heteroatoms. The van der Waals surface area contributed by atoms with Gasteiger partial charge in [-0.25, -0.2) is 0 Å². The van der Waals surface area contributed by atoms with Crippen LogP contribution in [0.3, 0.4) is 0 Å². The Kier molecular flexibility index (Phi) is 4.25. The van der Waals surface area contributed by atoms with E-state index in [1.807, 2.05) is 38.1 Å². The molecule has 1 N–H and O–H groups in total. The van der Waals surface area contributed by atoms with E-state index in [0.29, 0.717) is 0 Å². The minimum absolute atomic E-state index is 0.0586. The number of rotatable bonds is 3. The van der Waals surface area contributed by atoms with Gasteiger partial charge in [0.15, 0.2) is 0 Å². The van der Waals surface area contributed by atoms with Gasteiger partial charge >= 0.3 is 0 Å². The highest BCUT2D eigenvalue weighted by atomic mass is 16.2. The van der Waals surface area contributed by atoms with E-state index >= 15 is 0 Å². The van der Waals surface area contributed by atoms with Crippen molar-refractivity contribution in [3.63, 3.8) is 0 Å². The standard InChI is InChI=1S/C19H22N2O/c1-14-7-9-18(10-8-14)20-19(22)15(2)21-12-11-16-5-3-4-6-17(16)13-21/h3-10,15H,11-13H2,1-2H3,(H,20,22)/t15-/m1/s1. The summed E-state index contributed by atoms with van der Waals surface area (Å²) in [6.45, 7) is 5.80. The lowest BCUT2D eigenvalue weighted by atomic mass is 9.99. The highest BCUT2D eigenvalue weighted by Gasteiger charge is 2.25. The molecule has 0 radical (unpaired) electrons. The monoisotopic (exact) mass is 294 g/mol. The summed E-state index contributed by atoms with van der Waals surface area (Å²) >= 11 is 0. The maximum atomic E-state index is 12.5. The number of carbonyl (C=O) groups excluding carboxylic acids is 1. The highest BCUT2D eigenvalue weighted by molar-refractivity contribution is 5.94. The Morgan fingerprint density at radius 1 is 1.09 bits per heavy atom. The third kappa shape index (κ3) is 3.20. The average Bonchev–Trinajstić information content (AvgIpc) is 2.55. The first-order valence-electron chi connectivity index (χ1n) is 7.82. The predicted octanol–water partition coefficient (Wildman–Crippen LogP) is 3.38. The zero-order valence-corrected chi connectivity index (χ0v) is 13.2. The van der Waals surface area contributed by atoms with Crippen molar-refractivity contribution in [2.24, 2.45) is 0 Å². The molecule has 0 aromatic heterocycles. The number of hydrogen-bond acceptors (Lipinski definition) is 2. The van der Waals surface area contributed by atoms with Crippen molar-refractivity contribution in [2.45, 2.75) is 32.9 Å². The van der Waals surface area contributed by atoms with Crippen molar-refractivity contribution in [1.82, 2.24) is 4.90 Å². The molecular formula is C19H22N2O. The highest BCUT2D eigenvalue weighted by Crippen LogP contribution is 2.21. The maximum Gasteiger partial charge on any atom is 0.241 e. The molecule has 0 saturated carbocycles. The van der Waals surface area contributed by atoms with Crippen LogP contribution in [-0.4, -0.2) is 23.4 Å². The topological polar surface area (TPSA) is 32.3 Å². The van der Waals surface area contributed by atoms with E-state index in [1.54, 1.807) is 0 Å². The summed E-state index contributed by atoms with van der Waals surface area (Å²) in [5, 5.41) is 3.01. The molecule has 0 saturated heterocycles. The summed E-state index contributed by atoms with van der Waals surface area (Å²) < 4.78 is 0. The number of aryl methyl sites for hydroxylation is 1. The van der Waals surface area contributed by atoms with Gasteiger partial charge in [0.25, 0.3) is 0 Å². The zero-order valence-electron chi connectivity index (χ0n) is 13.2. The number of hydrogen-bond donors (Lipinski definition) is 1. The van der Waals surface area contributed by atoms with Crippen molar-refractivity contribution in [3.8, 4) is 0 Å². The summed E-state index contributed by atoms with van der Waals surface area (Å²) in [6.07, 6.45) is 1.01. The van der Waals surface area contributed by atoms with Crippen LogP contribution in [0, 0.1) is 6.92 Å². The van der Waals surface area contributed by atoms with Crippen LogP contribution in [0.1, 0.15) is 23.6 Å². The van der Waals surface area contributed by atoms with Crippen molar-refractivity contribution < 1.29 is 4.79 Å². The molecule has 0 unspecified atom stereocenters. The van der Waals surface area contributed by atoms with E-state index < -0.39 is 0 Å². The van der Waals surface area contributed by atoms with Crippen LogP contribution in [0.15, 0.2) is 48.5 Å². The normalized spacial score (nSPS) is 15.9. The largest absolute Gasteiger partial charge is 0.325 e. The van der Waals surface area contributed by atoms with Crippen LogP contribution in [0.2, 0.25) is 0 Å².